The molecule has 0 aliphatic rings. The Morgan fingerprint density at radius 1 is 0.223 bits per heavy atom. The lowest BCUT2D eigenvalue weighted by molar-refractivity contribution is 1.13. The predicted octanol–water partition coefficient (Wildman–Crippen LogP) is 25.0. The van der Waals surface area contributed by atoms with Crippen molar-refractivity contribution >= 4 is 110 Å². The maximum absolute atomic E-state index is 3.52. The zero-order valence-corrected chi connectivity index (χ0v) is 53.1. The molecule has 0 aliphatic heterocycles. The third-order valence-electron chi connectivity index (χ3n) is 16.1. The smallest absolute Gasteiger partial charge is 0.0939 e. The topological polar surface area (TPSA) is 58.0 Å². The molecule has 6 nitrogen and oxygen atoms in total. The highest BCUT2D eigenvalue weighted by atomic mass is 32.1. The second-order valence-electron chi connectivity index (χ2n) is 22.5. The van der Waals surface area contributed by atoms with E-state index in [-0.39, 0.29) is 0 Å². The van der Waals surface area contributed by atoms with E-state index < -0.39 is 0 Å². The standard InChI is InChI=1S/C30H22N2.C26H20N2.C16H13NS.C14H11NS/c1-2-8-22(9-3-1)23-14-16-24(17-15-23)31-25-18-20-26(21-19-25)32-29-12-6-4-10-27(29)28-11-5-7-13-30(28)32;1-4-10-20(11-5-1)26-19-21-18-23(27-22-12-6-2-7-13-22)16-17-25(21)28(26)24-14-8-3-9-15-24;1-3-7-13(8-4-1)15-11-12-16(18-15)17-14-9-5-2-6-10-14;1-2-7-12(8-3-1)15-14-10-11-6-4-5-9-13(11)16-14/h1-21,31H;1-19,27H;1-12,17H;1-10,15H. The van der Waals surface area contributed by atoms with Gasteiger partial charge in [0.15, 0.2) is 0 Å². The van der Waals surface area contributed by atoms with E-state index >= 15 is 0 Å². The van der Waals surface area contributed by atoms with Crippen LogP contribution in [0.15, 0.2) is 376 Å². The third kappa shape index (κ3) is 14.3. The normalized spacial score (nSPS) is 10.8. The first-order valence-electron chi connectivity index (χ1n) is 31.5. The summed E-state index contributed by atoms with van der Waals surface area (Å²) in [5.74, 6) is 0. The molecular weight excluding hydrogens is 1180 g/mol. The van der Waals surface area contributed by atoms with Gasteiger partial charge in [-0.1, -0.05) is 231 Å². The molecule has 0 spiro atoms. The molecule has 0 amide bonds. The molecule has 0 atom stereocenters. The quantitative estimate of drug-likeness (QED) is 0.0929. The van der Waals surface area contributed by atoms with Gasteiger partial charge >= 0.3 is 0 Å². The molecule has 0 aliphatic carbocycles. The number of hydrogen-bond acceptors (Lipinski definition) is 6. The lowest BCUT2D eigenvalue weighted by atomic mass is 10.1. The van der Waals surface area contributed by atoms with Gasteiger partial charge in [0.2, 0.25) is 0 Å². The van der Waals surface area contributed by atoms with Crippen molar-refractivity contribution in [1.29, 1.82) is 0 Å². The Balaban J connectivity index is 0.000000112. The Hall–Kier alpha value is -11.9. The van der Waals surface area contributed by atoms with E-state index in [2.05, 4.69) is 340 Å². The molecule has 0 saturated carbocycles. The minimum atomic E-state index is 1.07. The van der Waals surface area contributed by atoms with E-state index in [0.29, 0.717) is 0 Å². The highest BCUT2D eigenvalue weighted by Gasteiger charge is 2.15. The van der Waals surface area contributed by atoms with Crippen molar-refractivity contribution in [3.05, 3.63) is 376 Å². The number of nitrogens with one attached hydrogen (secondary N) is 4. The van der Waals surface area contributed by atoms with Gasteiger partial charge in [0, 0.05) is 71.2 Å². The number of aromatic nitrogens is 2. The van der Waals surface area contributed by atoms with Crippen LogP contribution < -0.4 is 21.3 Å². The van der Waals surface area contributed by atoms with Crippen molar-refractivity contribution in [2.75, 3.05) is 21.3 Å². The summed E-state index contributed by atoms with van der Waals surface area (Å²) in [6.07, 6.45) is 0. The van der Waals surface area contributed by atoms with Gasteiger partial charge in [-0.2, -0.15) is 0 Å². The van der Waals surface area contributed by atoms with Gasteiger partial charge in [-0.05, 0) is 173 Å². The summed E-state index contributed by atoms with van der Waals surface area (Å²) in [6.45, 7) is 0. The van der Waals surface area contributed by atoms with Crippen LogP contribution in [0.25, 0.3) is 87.0 Å². The van der Waals surface area contributed by atoms with Crippen molar-refractivity contribution in [3.63, 3.8) is 0 Å². The molecule has 0 saturated heterocycles. The van der Waals surface area contributed by atoms with E-state index in [0.717, 1.165) is 39.8 Å². The minimum absolute atomic E-state index is 1.07. The minimum Gasteiger partial charge on any atom is -0.356 e. The monoisotopic (exact) mass is 1250 g/mol. The van der Waals surface area contributed by atoms with Gasteiger partial charge in [-0.25, -0.2) is 0 Å². The number of rotatable bonds is 13. The first kappa shape index (κ1) is 59.7. The van der Waals surface area contributed by atoms with E-state index in [1.54, 1.807) is 22.7 Å². The SMILES string of the molecule is c1ccc(-c2ccc(Nc3ccc(-n4c5ccccc5c5ccccc54)cc3)cc2)cc1.c1ccc(Nc2cc3ccccc3s2)cc1.c1ccc(Nc2ccc(-c3ccccc3)s2)cc1.c1ccc(Nc2ccc3c(c2)cc(-c2ccccc2)n3-c2ccccc2)cc1. The number of fused-ring (bicyclic) bond motifs is 5. The largest absolute Gasteiger partial charge is 0.356 e. The summed E-state index contributed by atoms with van der Waals surface area (Å²) in [6, 6.07) is 131. The van der Waals surface area contributed by atoms with Crippen molar-refractivity contribution in [2.24, 2.45) is 0 Å². The van der Waals surface area contributed by atoms with E-state index in [9.17, 15) is 0 Å². The van der Waals surface area contributed by atoms with Crippen LogP contribution in [0.5, 0.6) is 0 Å². The maximum atomic E-state index is 3.52. The van der Waals surface area contributed by atoms with Gasteiger partial charge in [-0.3, -0.25) is 0 Å². The number of anilines is 8. The maximum Gasteiger partial charge on any atom is 0.0939 e. The zero-order chi connectivity index (χ0) is 63.1. The molecule has 8 heteroatoms. The van der Waals surface area contributed by atoms with E-state index in [4.69, 9.17) is 0 Å². The first-order chi connectivity index (χ1) is 46.6. The van der Waals surface area contributed by atoms with Crippen molar-refractivity contribution in [2.45, 2.75) is 0 Å². The molecule has 0 radical (unpaired) electrons. The summed E-state index contributed by atoms with van der Waals surface area (Å²) < 4.78 is 5.99. The summed E-state index contributed by atoms with van der Waals surface area (Å²) in [4.78, 5) is 1.29. The van der Waals surface area contributed by atoms with Crippen LogP contribution in [-0.4, -0.2) is 9.13 Å². The molecule has 0 bridgehead atoms. The van der Waals surface area contributed by atoms with Crippen LogP contribution in [-0.2, 0) is 0 Å². The molecular formula is C86H66N6S2. The second kappa shape index (κ2) is 28.9. The molecule has 452 valence electrons. The number of para-hydroxylation sites is 6. The summed E-state index contributed by atoms with van der Waals surface area (Å²) in [7, 11) is 0. The van der Waals surface area contributed by atoms with Crippen LogP contribution >= 0.6 is 22.7 Å². The number of nitrogens with zero attached hydrogens (tertiary/aromatic N) is 2. The first-order valence-corrected chi connectivity index (χ1v) is 33.1. The fourth-order valence-electron chi connectivity index (χ4n) is 11.6. The van der Waals surface area contributed by atoms with E-state index in [1.807, 2.05) is 66.7 Å². The number of thiophene rings is 2. The molecule has 0 fully saturated rings. The number of benzene rings is 13. The van der Waals surface area contributed by atoms with E-state index in [1.165, 1.54) is 91.3 Å². The average Bonchev–Trinajstić information content (AvgIpc) is 1.63. The fourth-order valence-corrected chi connectivity index (χ4v) is 13.5. The summed E-state index contributed by atoms with van der Waals surface area (Å²) in [5, 5.41) is 21.3. The van der Waals surface area contributed by atoms with Crippen LogP contribution in [0, 0.1) is 0 Å². The number of hydrogen-bond donors (Lipinski definition) is 4. The third-order valence-corrected chi connectivity index (χ3v) is 18.2. The molecule has 94 heavy (non-hydrogen) atoms. The fraction of sp³-hybridized carbons (Fsp3) is 0. The Kier molecular flexibility index (Phi) is 18.4. The van der Waals surface area contributed by atoms with Gasteiger partial charge < -0.3 is 30.4 Å². The molecule has 17 rings (SSSR count). The van der Waals surface area contributed by atoms with Crippen molar-refractivity contribution < 1.29 is 0 Å². The van der Waals surface area contributed by atoms with Crippen LogP contribution in [0.4, 0.5) is 44.1 Å². The van der Waals surface area contributed by atoms with Gasteiger partial charge in [0.1, 0.15) is 0 Å². The van der Waals surface area contributed by atoms with Crippen molar-refractivity contribution in [3.8, 4) is 44.2 Å². The van der Waals surface area contributed by atoms with Gasteiger partial charge in [0.05, 0.1) is 32.2 Å². The van der Waals surface area contributed by atoms with Crippen LogP contribution in [0.3, 0.4) is 0 Å². The Labute approximate surface area is 556 Å². The highest BCUT2D eigenvalue weighted by molar-refractivity contribution is 7.22. The zero-order valence-electron chi connectivity index (χ0n) is 51.5. The van der Waals surface area contributed by atoms with Gasteiger partial charge in [-0.15, -0.1) is 22.7 Å². The highest BCUT2D eigenvalue weighted by Crippen LogP contribution is 2.37. The predicted molar refractivity (Wildman–Crippen MR) is 405 cm³/mol. The lowest BCUT2D eigenvalue weighted by Gasteiger charge is -2.12. The van der Waals surface area contributed by atoms with Crippen LogP contribution in [0.1, 0.15) is 0 Å². The summed E-state index contributed by atoms with van der Waals surface area (Å²) >= 11 is 3.55. The lowest BCUT2D eigenvalue weighted by Crippen LogP contribution is -1.96. The second-order valence-corrected chi connectivity index (χ2v) is 24.6. The van der Waals surface area contributed by atoms with Gasteiger partial charge in [0.25, 0.3) is 0 Å². The Morgan fingerprint density at radius 3 is 1.23 bits per heavy atom. The molecule has 0 unspecified atom stereocenters. The molecule has 17 aromatic rings. The Morgan fingerprint density at radius 2 is 0.649 bits per heavy atom. The summed E-state index contributed by atoms with van der Waals surface area (Å²) in [5.41, 5.74) is 18.7. The molecule has 4 N–H and O–H groups in total. The Bertz CT molecular complexity index is 5120. The molecule has 4 aromatic heterocycles. The average molecular weight is 1250 g/mol. The molecule has 13 aromatic carbocycles. The van der Waals surface area contributed by atoms with Crippen molar-refractivity contribution in [1.82, 2.24) is 9.13 Å². The van der Waals surface area contributed by atoms with Crippen LogP contribution in [0.2, 0.25) is 0 Å². The molecule has 4 heterocycles.